The minimum Gasteiger partial charge on any atom is -0.345 e. The van der Waals surface area contributed by atoms with Gasteiger partial charge in [-0.3, -0.25) is 9.59 Å². The second kappa shape index (κ2) is 6.13. The normalized spacial score (nSPS) is 12.6. The molecule has 0 radical (unpaired) electrons. The smallest absolute Gasteiger partial charge is 0.253 e. The first-order valence-electron chi connectivity index (χ1n) is 4.62. The third-order valence-corrected chi connectivity index (χ3v) is 1.79. The average Bonchev–Trinajstić information content (AvgIpc) is 2.17. The molecule has 14 heavy (non-hydrogen) atoms. The fourth-order valence-corrected chi connectivity index (χ4v) is 1.06. The summed E-state index contributed by atoms with van der Waals surface area (Å²) in [6.07, 6.45) is 4.87. The zero-order valence-electron chi connectivity index (χ0n) is 9.20. The van der Waals surface area contributed by atoms with E-state index in [0.29, 0.717) is 17.4 Å². The summed E-state index contributed by atoms with van der Waals surface area (Å²) in [7, 11) is 3.34. The van der Waals surface area contributed by atoms with E-state index >= 15 is 0 Å². The van der Waals surface area contributed by atoms with Crippen molar-refractivity contribution in [3.05, 3.63) is 23.3 Å². The van der Waals surface area contributed by atoms with Gasteiger partial charge in [0, 0.05) is 25.2 Å². The number of rotatable bonds is 4. The Morgan fingerprint density at radius 1 is 1.36 bits per heavy atom. The molecule has 0 aromatic heterocycles. The van der Waals surface area contributed by atoms with Crippen LogP contribution in [-0.4, -0.2) is 31.2 Å². The molecule has 0 aromatic carbocycles. The van der Waals surface area contributed by atoms with Crippen molar-refractivity contribution in [1.29, 1.82) is 0 Å². The Kier molecular flexibility index (Phi) is 5.53. The number of carbonyl (C=O) groups is 2. The molecule has 0 aliphatic heterocycles. The Morgan fingerprint density at radius 2 is 1.93 bits per heavy atom. The molecule has 1 amide bonds. The van der Waals surface area contributed by atoms with Crippen LogP contribution in [0.15, 0.2) is 23.3 Å². The summed E-state index contributed by atoms with van der Waals surface area (Å²) in [6.45, 7) is 3.68. The van der Waals surface area contributed by atoms with Crippen LogP contribution in [0.3, 0.4) is 0 Å². The average molecular weight is 195 g/mol. The number of nitrogens with zero attached hydrogens (tertiary/aromatic N) is 1. The summed E-state index contributed by atoms with van der Waals surface area (Å²) >= 11 is 0. The molecular formula is C11H17NO2. The predicted molar refractivity (Wildman–Crippen MR) is 56.9 cm³/mol. The van der Waals surface area contributed by atoms with Crippen molar-refractivity contribution in [2.24, 2.45) is 0 Å². The summed E-state index contributed by atoms with van der Waals surface area (Å²) < 4.78 is 0. The molecule has 0 aliphatic carbocycles. The van der Waals surface area contributed by atoms with Crippen LogP contribution in [0.5, 0.6) is 0 Å². The molecule has 78 valence electrons. The van der Waals surface area contributed by atoms with Crippen LogP contribution >= 0.6 is 0 Å². The van der Waals surface area contributed by atoms with Crippen LogP contribution < -0.4 is 0 Å². The number of hydrogen-bond donors (Lipinski definition) is 0. The van der Waals surface area contributed by atoms with Crippen molar-refractivity contribution in [2.45, 2.75) is 20.3 Å². The molecular weight excluding hydrogens is 178 g/mol. The van der Waals surface area contributed by atoms with Gasteiger partial charge in [0.15, 0.2) is 6.29 Å². The van der Waals surface area contributed by atoms with Gasteiger partial charge in [0.25, 0.3) is 5.91 Å². The van der Waals surface area contributed by atoms with Gasteiger partial charge in [-0.2, -0.15) is 0 Å². The fourth-order valence-electron chi connectivity index (χ4n) is 1.06. The van der Waals surface area contributed by atoms with Crippen LogP contribution in [0, 0.1) is 0 Å². The third kappa shape index (κ3) is 3.17. The second-order valence-corrected chi connectivity index (χ2v) is 3.09. The maximum Gasteiger partial charge on any atom is 0.253 e. The summed E-state index contributed by atoms with van der Waals surface area (Å²) in [5, 5.41) is 0. The van der Waals surface area contributed by atoms with E-state index in [1.54, 1.807) is 33.2 Å². The van der Waals surface area contributed by atoms with E-state index in [2.05, 4.69) is 0 Å². The van der Waals surface area contributed by atoms with Gasteiger partial charge in [-0.25, -0.2) is 0 Å². The molecule has 3 nitrogen and oxygen atoms in total. The van der Waals surface area contributed by atoms with Gasteiger partial charge in [-0.15, -0.1) is 0 Å². The van der Waals surface area contributed by atoms with Crippen molar-refractivity contribution in [2.75, 3.05) is 14.1 Å². The van der Waals surface area contributed by atoms with E-state index in [0.717, 1.165) is 6.42 Å². The van der Waals surface area contributed by atoms with Gasteiger partial charge < -0.3 is 4.90 Å². The number of likely N-dealkylation sites (N-methyl/N-ethyl adjacent to an activating group) is 1. The molecule has 0 saturated carbocycles. The number of amides is 1. The van der Waals surface area contributed by atoms with Gasteiger partial charge in [-0.1, -0.05) is 19.1 Å². The summed E-state index contributed by atoms with van der Waals surface area (Å²) in [5.74, 6) is -0.132. The van der Waals surface area contributed by atoms with Crippen molar-refractivity contribution in [3.8, 4) is 0 Å². The van der Waals surface area contributed by atoms with Crippen LogP contribution in [0.25, 0.3) is 0 Å². The quantitative estimate of drug-likeness (QED) is 0.388. The summed E-state index contributed by atoms with van der Waals surface area (Å²) in [4.78, 5) is 23.8. The zero-order valence-corrected chi connectivity index (χ0v) is 9.20. The SMILES string of the molecule is C/C=C(C=O)\C(=C/CC)C(=O)N(C)C. The highest BCUT2D eigenvalue weighted by atomic mass is 16.2. The fraction of sp³-hybridized carbons (Fsp3) is 0.455. The third-order valence-electron chi connectivity index (χ3n) is 1.79. The Labute approximate surface area is 85.1 Å². The zero-order chi connectivity index (χ0) is 11.1. The van der Waals surface area contributed by atoms with Crippen LogP contribution in [0.4, 0.5) is 0 Å². The van der Waals surface area contributed by atoms with Crippen molar-refractivity contribution in [3.63, 3.8) is 0 Å². The summed E-state index contributed by atoms with van der Waals surface area (Å²) in [6, 6.07) is 0. The first-order chi connectivity index (χ1) is 6.58. The maximum absolute atomic E-state index is 11.7. The molecule has 0 heterocycles. The van der Waals surface area contributed by atoms with E-state index in [4.69, 9.17) is 0 Å². The number of aldehydes is 1. The molecule has 0 aromatic rings. The van der Waals surface area contributed by atoms with Gasteiger partial charge >= 0.3 is 0 Å². The van der Waals surface area contributed by atoms with Gasteiger partial charge in [0.2, 0.25) is 0 Å². The molecule has 0 unspecified atom stereocenters. The molecule has 3 heteroatoms. The monoisotopic (exact) mass is 195 g/mol. The van der Waals surface area contributed by atoms with E-state index in [9.17, 15) is 9.59 Å². The lowest BCUT2D eigenvalue weighted by atomic mass is 10.0. The highest BCUT2D eigenvalue weighted by Crippen LogP contribution is 2.11. The molecule has 0 atom stereocenters. The Hall–Kier alpha value is -1.38. The number of allylic oxidation sites excluding steroid dienone is 2. The predicted octanol–water partition coefficient (Wildman–Crippen LogP) is 1.56. The Bertz CT molecular complexity index is 275. The van der Waals surface area contributed by atoms with Crippen molar-refractivity contribution >= 4 is 12.2 Å². The van der Waals surface area contributed by atoms with E-state index in [1.807, 2.05) is 6.92 Å². The highest BCUT2D eigenvalue weighted by molar-refractivity contribution is 6.04. The Balaban J connectivity index is 5.06. The molecule has 0 aliphatic rings. The lowest BCUT2D eigenvalue weighted by molar-refractivity contribution is -0.124. The first kappa shape index (κ1) is 12.6. The lowest BCUT2D eigenvalue weighted by Gasteiger charge is -2.13. The molecule has 0 rings (SSSR count). The van der Waals surface area contributed by atoms with Gasteiger partial charge in [0.1, 0.15) is 0 Å². The highest BCUT2D eigenvalue weighted by Gasteiger charge is 2.14. The number of hydrogen-bond acceptors (Lipinski definition) is 2. The molecule has 0 N–H and O–H groups in total. The standard InChI is InChI=1S/C11H17NO2/c1-5-7-10(9(6-2)8-13)11(14)12(3)4/h6-8H,5H2,1-4H3/b9-6-,10-7+. The maximum atomic E-state index is 11.7. The van der Waals surface area contributed by atoms with Gasteiger partial charge in [-0.05, 0) is 13.3 Å². The van der Waals surface area contributed by atoms with Gasteiger partial charge in [0.05, 0.1) is 0 Å². The Morgan fingerprint density at radius 3 is 2.21 bits per heavy atom. The summed E-state index contributed by atoms with van der Waals surface area (Å²) in [5.41, 5.74) is 0.931. The van der Waals surface area contributed by atoms with Crippen LogP contribution in [0.2, 0.25) is 0 Å². The first-order valence-corrected chi connectivity index (χ1v) is 4.62. The molecule has 0 bridgehead atoms. The molecule has 0 fully saturated rings. The minimum absolute atomic E-state index is 0.132. The lowest BCUT2D eigenvalue weighted by Crippen LogP contribution is -2.24. The van der Waals surface area contributed by atoms with E-state index < -0.39 is 0 Å². The molecule has 0 spiro atoms. The van der Waals surface area contributed by atoms with Crippen LogP contribution in [-0.2, 0) is 9.59 Å². The minimum atomic E-state index is -0.132. The van der Waals surface area contributed by atoms with Crippen molar-refractivity contribution in [1.82, 2.24) is 4.90 Å². The van der Waals surface area contributed by atoms with Crippen LogP contribution in [0.1, 0.15) is 20.3 Å². The van der Waals surface area contributed by atoms with E-state index in [1.165, 1.54) is 4.90 Å². The topological polar surface area (TPSA) is 37.4 Å². The van der Waals surface area contributed by atoms with E-state index in [-0.39, 0.29) is 5.91 Å². The van der Waals surface area contributed by atoms with Crippen molar-refractivity contribution < 1.29 is 9.59 Å². The second-order valence-electron chi connectivity index (χ2n) is 3.09. The largest absolute Gasteiger partial charge is 0.345 e. The number of carbonyl (C=O) groups excluding carboxylic acids is 2. The molecule has 0 saturated heterocycles.